The fourth-order valence-electron chi connectivity index (χ4n) is 1.75. The normalized spacial score (nSPS) is 10.2. The van der Waals surface area contributed by atoms with Gasteiger partial charge in [0.15, 0.2) is 0 Å². The van der Waals surface area contributed by atoms with Gasteiger partial charge in [-0.05, 0) is 25.1 Å². The Balaban J connectivity index is 2.55. The summed E-state index contributed by atoms with van der Waals surface area (Å²) in [5.74, 6) is -0.0987. The van der Waals surface area contributed by atoms with Gasteiger partial charge >= 0.3 is 5.69 Å². The Labute approximate surface area is 128 Å². The first-order valence-electron chi connectivity index (χ1n) is 5.82. The van der Waals surface area contributed by atoms with Crippen molar-refractivity contribution in [3.8, 4) is 11.6 Å². The highest BCUT2D eigenvalue weighted by molar-refractivity contribution is 9.10. The molecule has 0 saturated heterocycles. The number of nitro benzene ring substituents is 1. The number of nitrogens with zero attached hydrogens (tertiary/aromatic N) is 2. The molecule has 7 nitrogen and oxygen atoms in total. The van der Waals surface area contributed by atoms with Crippen molar-refractivity contribution in [3.63, 3.8) is 0 Å². The number of hydrogen-bond acceptors (Lipinski definition) is 5. The van der Waals surface area contributed by atoms with Gasteiger partial charge in [-0.3, -0.25) is 15.5 Å². The van der Waals surface area contributed by atoms with Crippen LogP contribution in [0.5, 0.6) is 11.6 Å². The van der Waals surface area contributed by atoms with Gasteiger partial charge in [-0.25, -0.2) is 4.98 Å². The molecular weight excluding hydrogens is 340 g/mol. The Kier molecular flexibility index (Phi) is 4.18. The van der Waals surface area contributed by atoms with Crippen molar-refractivity contribution in [2.45, 2.75) is 6.92 Å². The van der Waals surface area contributed by atoms with E-state index in [0.717, 1.165) is 0 Å². The lowest BCUT2D eigenvalue weighted by Crippen LogP contribution is -2.13. The summed E-state index contributed by atoms with van der Waals surface area (Å²) >= 11 is 3.21. The Bertz CT molecular complexity index is 733. The molecule has 0 bridgehead atoms. The summed E-state index contributed by atoms with van der Waals surface area (Å²) in [4.78, 5) is 14.6. The third-order valence-corrected chi connectivity index (χ3v) is 3.13. The predicted molar refractivity (Wildman–Crippen MR) is 80.9 cm³/mol. The number of nitrogen functional groups attached to an aromatic ring is 1. The molecular formula is C13H11BrN4O3. The summed E-state index contributed by atoms with van der Waals surface area (Å²) in [6, 6.07) is 6.20. The van der Waals surface area contributed by atoms with Crippen LogP contribution >= 0.6 is 15.9 Å². The van der Waals surface area contributed by atoms with E-state index >= 15 is 0 Å². The van der Waals surface area contributed by atoms with Crippen molar-refractivity contribution >= 4 is 27.5 Å². The monoisotopic (exact) mass is 350 g/mol. The number of nitrogens with one attached hydrogen (secondary N) is 1. The van der Waals surface area contributed by atoms with Crippen molar-refractivity contribution in [1.82, 2.24) is 4.98 Å². The summed E-state index contributed by atoms with van der Waals surface area (Å²) < 4.78 is 6.13. The maximum atomic E-state index is 11.2. The van der Waals surface area contributed by atoms with Crippen molar-refractivity contribution in [2.75, 3.05) is 0 Å². The third kappa shape index (κ3) is 3.16. The molecule has 1 aromatic heterocycles. The van der Waals surface area contributed by atoms with Gasteiger partial charge < -0.3 is 10.5 Å². The Morgan fingerprint density at radius 1 is 1.52 bits per heavy atom. The second kappa shape index (κ2) is 5.88. The number of rotatable bonds is 4. The standard InChI is InChI=1S/C13H11BrN4O3/c1-7-5-8(14)6-10(18(19)20)11(7)21-13-9(12(15)16)3-2-4-17-13/h2-6H,1H3,(H3,15,16). The first kappa shape index (κ1) is 14.9. The summed E-state index contributed by atoms with van der Waals surface area (Å²) in [6.07, 6.45) is 1.46. The highest BCUT2D eigenvalue weighted by atomic mass is 79.9. The molecule has 0 amide bonds. The molecule has 0 aliphatic heterocycles. The molecule has 1 heterocycles. The highest BCUT2D eigenvalue weighted by Gasteiger charge is 2.21. The van der Waals surface area contributed by atoms with Gasteiger partial charge in [0.25, 0.3) is 0 Å². The summed E-state index contributed by atoms with van der Waals surface area (Å²) in [6.45, 7) is 1.68. The zero-order valence-corrected chi connectivity index (χ0v) is 12.5. The first-order chi connectivity index (χ1) is 9.90. The van der Waals surface area contributed by atoms with Crippen LogP contribution in [0.4, 0.5) is 5.69 Å². The minimum atomic E-state index is -0.538. The topological polar surface area (TPSA) is 115 Å². The van der Waals surface area contributed by atoms with Gasteiger partial charge in [0.2, 0.25) is 11.6 Å². The van der Waals surface area contributed by atoms with Gasteiger partial charge in [-0.2, -0.15) is 0 Å². The number of aromatic nitrogens is 1. The van der Waals surface area contributed by atoms with Crippen LogP contribution in [0.2, 0.25) is 0 Å². The van der Waals surface area contributed by atoms with Crippen LogP contribution in [0.15, 0.2) is 34.9 Å². The van der Waals surface area contributed by atoms with E-state index in [1.54, 1.807) is 25.1 Å². The maximum Gasteiger partial charge on any atom is 0.313 e. The van der Waals surface area contributed by atoms with E-state index in [1.807, 2.05) is 0 Å². The molecule has 0 fully saturated rings. The number of nitrogens with two attached hydrogens (primary N) is 1. The maximum absolute atomic E-state index is 11.2. The lowest BCUT2D eigenvalue weighted by atomic mass is 10.2. The molecule has 0 spiro atoms. The second-order valence-corrected chi connectivity index (χ2v) is 5.12. The predicted octanol–water partition coefficient (Wildman–Crippen LogP) is 3.14. The second-order valence-electron chi connectivity index (χ2n) is 4.20. The molecule has 1 aromatic carbocycles. The Morgan fingerprint density at radius 2 is 2.24 bits per heavy atom. The molecule has 2 rings (SSSR count). The van der Waals surface area contributed by atoms with Crippen molar-refractivity contribution in [1.29, 1.82) is 5.41 Å². The number of halogens is 1. The van der Waals surface area contributed by atoms with E-state index in [2.05, 4.69) is 20.9 Å². The number of nitro groups is 1. The molecule has 0 saturated carbocycles. The van der Waals surface area contributed by atoms with Crippen LogP contribution in [-0.2, 0) is 0 Å². The fourth-order valence-corrected chi connectivity index (χ4v) is 2.31. The van der Waals surface area contributed by atoms with E-state index in [4.69, 9.17) is 15.9 Å². The number of amidine groups is 1. The number of hydrogen-bond donors (Lipinski definition) is 2. The van der Waals surface area contributed by atoms with E-state index in [0.29, 0.717) is 10.0 Å². The minimum Gasteiger partial charge on any atom is -0.431 e. The zero-order chi connectivity index (χ0) is 15.6. The molecule has 0 atom stereocenters. The quantitative estimate of drug-likeness (QED) is 0.380. The fraction of sp³-hybridized carbons (Fsp3) is 0.0769. The van der Waals surface area contributed by atoms with Crippen LogP contribution in [0.1, 0.15) is 11.1 Å². The van der Waals surface area contributed by atoms with Crippen molar-refractivity contribution < 1.29 is 9.66 Å². The van der Waals surface area contributed by atoms with Crippen LogP contribution < -0.4 is 10.5 Å². The summed E-state index contributed by atoms with van der Waals surface area (Å²) in [5, 5.41) is 18.6. The lowest BCUT2D eigenvalue weighted by Gasteiger charge is -2.11. The smallest absolute Gasteiger partial charge is 0.313 e. The highest BCUT2D eigenvalue weighted by Crippen LogP contribution is 2.37. The average molecular weight is 351 g/mol. The molecule has 3 N–H and O–H groups in total. The van der Waals surface area contributed by atoms with Gasteiger partial charge in [-0.15, -0.1) is 0 Å². The number of pyridine rings is 1. The van der Waals surface area contributed by atoms with E-state index in [9.17, 15) is 10.1 Å². The van der Waals surface area contributed by atoms with E-state index in [1.165, 1.54) is 12.3 Å². The van der Waals surface area contributed by atoms with Crippen LogP contribution in [0.25, 0.3) is 0 Å². The van der Waals surface area contributed by atoms with Crippen LogP contribution in [0.3, 0.4) is 0 Å². The molecule has 0 unspecified atom stereocenters. The minimum absolute atomic E-state index is 0.0542. The van der Waals surface area contributed by atoms with E-state index in [-0.39, 0.29) is 28.7 Å². The van der Waals surface area contributed by atoms with Gasteiger partial charge in [0, 0.05) is 22.3 Å². The molecule has 8 heteroatoms. The molecule has 2 aromatic rings. The first-order valence-corrected chi connectivity index (χ1v) is 6.61. The summed E-state index contributed by atoms with van der Waals surface area (Å²) in [7, 11) is 0. The Hall–Kier alpha value is -2.48. The largest absolute Gasteiger partial charge is 0.431 e. The van der Waals surface area contributed by atoms with Crippen LogP contribution in [-0.4, -0.2) is 15.7 Å². The van der Waals surface area contributed by atoms with Gasteiger partial charge in [0.1, 0.15) is 5.84 Å². The molecule has 21 heavy (non-hydrogen) atoms. The van der Waals surface area contributed by atoms with Gasteiger partial charge in [0.05, 0.1) is 10.5 Å². The number of benzene rings is 1. The Morgan fingerprint density at radius 3 is 2.86 bits per heavy atom. The number of ether oxygens (including phenoxy) is 1. The zero-order valence-electron chi connectivity index (χ0n) is 11.0. The average Bonchev–Trinajstić information content (AvgIpc) is 2.41. The molecule has 0 radical (unpaired) electrons. The van der Waals surface area contributed by atoms with Crippen molar-refractivity contribution in [2.24, 2.45) is 5.73 Å². The van der Waals surface area contributed by atoms with Crippen molar-refractivity contribution in [3.05, 3.63) is 56.2 Å². The molecule has 0 aliphatic carbocycles. The van der Waals surface area contributed by atoms with Gasteiger partial charge in [-0.1, -0.05) is 15.9 Å². The number of aryl methyl sites for hydroxylation is 1. The third-order valence-electron chi connectivity index (χ3n) is 2.68. The van der Waals surface area contributed by atoms with Crippen LogP contribution in [0, 0.1) is 22.4 Å². The SMILES string of the molecule is Cc1cc(Br)cc([N+](=O)[O-])c1Oc1ncccc1C(=N)N. The van der Waals surface area contributed by atoms with E-state index < -0.39 is 4.92 Å². The molecule has 108 valence electrons. The molecule has 0 aliphatic rings. The lowest BCUT2D eigenvalue weighted by molar-refractivity contribution is -0.385. The summed E-state index contributed by atoms with van der Waals surface area (Å²) in [5.41, 5.74) is 6.10.